The Balaban J connectivity index is 2.43. The van der Waals surface area contributed by atoms with E-state index in [0.717, 1.165) is 11.5 Å². The van der Waals surface area contributed by atoms with Gasteiger partial charge in [0.15, 0.2) is 5.65 Å². The Bertz CT molecular complexity index is 512. The van der Waals surface area contributed by atoms with Gasteiger partial charge in [-0.25, -0.2) is 0 Å². The van der Waals surface area contributed by atoms with E-state index in [0.29, 0.717) is 18.4 Å². The number of aromatic nitrogens is 3. The molecule has 0 fully saturated rings. The zero-order valence-corrected chi connectivity index (χ0v) is 8.09. The molecule has 0 radical (unpaired) electrons. The van der Waals surface area contributed by atoms with Gasteiger partial charge in [0.1, 0.15) is 11.9 Å². The Morgan fingerprint density at radius 2 is 2.27 bits per heavy atom. The maximum Gasteiger partial charge on any atom is 0.160 e. The molecule has 0 aromatic carbocycles. The van der Waals surface area contributed by atoms with Crippen molar-refractivity contribution < 1.29 is 5.11 Å². The van der Waals surface area contributed by atoms with Crippen molar-refractivity contribution in [3.05, 3.63) is 29.7 Å². The molecule has 0 saturated heterocycles. The predicted octanol–water partition coefficient (Wildman–Crippen LogP) is 0.526. The quantitative estimate of drug-likeness (QED) is 0.787. The van der Waals surface area contributed by atoms with Gasteiger partial charge in [-0.3, -0.25) is 4.40 Å². The zero-order valence-electron chi connectivity index (χ0n) is 8.09. The Hall–Kier alpha value is -1.93. The molecule has 2 aromatic rings. The summed E-state index contributed by atoms with van der Waals surface area (Å²) in [6, 6.07) is 5.53. The van der Waals surface area contributed by atoms with E-state index in [2.05, 4.69) is 16.3 Å². The van der Waals surface area contributed by atoms with Crippen LogP contribution in [0.2, 0.25) is 0 Å². The number of aliphatic hydroxyl groups excluding tert-OH is 1. The van der Waals surface area contributed by atoms with Gasteiger partial charge in [0.2, 0.25) is 0 Å². The van der Waals surface area contributed by atoms with Crippen molar-refractivity contribution in [3.63, 3.8) is 0 Å². The molecule has 1 N–H and O–H groups in total. The fourth-order valence-corrected chi connectivity index (χ4v) is 1.41. The van der Waals surface area contributed by atoms with Gasteiger partial charge in [-0.1, -0.05) is 0 Å². The summed E-state index contributed by atoms with van der Waals surface area (Å²) in [5.41, 5.74) is 1.30. The molecule has 0 amide bonds. The number of nitrogens with zero attached hydrogens (tertiary/aromatic N) is 4. The molecular formula is C10H10N4O. The minimum Gasteiger partial charge on any atom is -0.396 e. The van der Waals surface area contributed by atoms with Gasteiger partial charge in [-0.2, -0.15) is 5.26 Å². The summed E-state index contributed by atoms with van der Waals surface area (Å²) in [5, 5.41) is 25.5. The summed E-state index contributed by atoms with van der Waals surface area (Å²) in [4.78, 5) is 0. The van der Waals surface area contributed by atoms with Crippen LogP contribution in [-0.2, 0) is 6.42 Å². The van der Waals surface area contributed by atoms with E-state index < -0.39 is 0 Å². The molecule has 76 valence electrons. The molecule has 0 aliphatic carbocycles. The van der Waals surface area contributed by atoms with Crippen LogP contribution in [0.1, 0.15) is 17.8 Å². The van der Waals surface area contributed by atoms with Crippen LogP contribution in [-0.4, -0.2) is 26.3 Å². The molecule has 0 spiro atoms. The van der Waals surface area contributed by atoms with Gasteiger partial charge in [-0.05, 0) is 18.6 Å². The van der Waals surface area contributed by atoms with Crippen molar-refractivity contribution in [2.75, 3.05) is 6.61 Å². The summed E-state index contributed by atoms with van der Waals surface area (Å²) in [5.74, 6) is 0.774. The highest BCUT2D eigenvalue weighted by molar-refractivity contribution is 5.42. The summed E-state index contributed by atoms with van der Waals surface area (Å²) in [6.45, 7) is 0.132. The predicted molar refractivity (Wildman–Crippen MR) is 53.1 cm³/mol. The van der Waals surface area contributed by atoms with Crippen molar-refractivity contribution in [1.82, 2.24) is 14.6 Å². The van der Waals surface area contributed by atoms with E-state index in [9.17, 15) is 0 Å². The molecule has 5 nitrogen and oxygen atoms in total. The van der Waals surface area contributed by atoms with Crippen molar-refractivity contribution in [2.45, 2.75) is 12.8 Å². The van der Waals surface area contributed by atoms with Crippen LogP contribution in [0.5, 0.6) is 0 Å². The van der Waals surface area contributed by atoms with E-state index in [1.165, 1.54) is 0 Å². The van der Waals surface area contributed by atoms with Crippen molar-refractivity contribution in [1.29, 1.82) is 5.26 Å². The Morgan fingerprint density at radius 1 is 1.40 bits per heavy atom. The number of hydrogen-bond acceptors (Lipinski definition) is 4. The Labute approximate surface area is 86.6 Å². The number of nitriles is 1. The number of aryl methyl sites for hydroxylation is 1. The lowest BCUT2D eigenvalue weighted by Crippen LogP contribution is -1.97. The molecule has 2 aromatic heterocycles. The highest BCUT2D eigenvalue weighted by Crippen LogP contribution is 2.07. The molecule has 15 heavy (non-hydrogen) atoms. The fourth-order valence-electron chi connectivity index (χ4n) is 1.41. The van der Waals surface area contributed by atoms with Crippen molar-refractivity contribution in [2.24, 2.45) is 0 Å². The molecule has 0 bridgehead atoms. The maximum atomic E-state index is 8.76. The molecule has 2 heterocycles. The fraction of sp³-hybridized carbons (Fsp3) is 0.300. The van der Waals surface area contributed by atoms with Gasteiger partial charge < -0.3 is 5.11 Å². The number of aliphatic hydroxyl groups is 1. The summed E-state index contributed by atoms with van der Waals surface area (Å²) < 4.78 is 1.79. The lowest BCUT2D eigenvalue weighted by molar-refractivity contribution is 0.287. The minimum atomic E-state index is 0.132. The van der Waals surface area contributed by atoms with E-state index in [1.807, 2.05) is 0 Å². The number of rotatable bonds is 3. The van der Waals surface area contributed by atoms with Crippen LogP contribution >= 0.6 is 0 Å². The van der Waals surface area contributed by atoms with Crippen LogP contribution in [0.15, 0.2) is 18.3 Å². The van der Waals surface area contributed by atoms with Crippen LogP contribution < -0.4 is 0 Å². The third kappa shape index (κ3) is 1.80. The van der Waals surface area contributed by atoms with E-state index in [-0.39, 0.29) is 6.61 Å². The molecule has 2 rings (SSSR count). The van der Waals surface area contributed by atoms with Crippen molar-refractivity contribution >= 4 is 5.65 Å². The third-order valence-corrected chi connectivity index (χ3v) is 2.16. The average molecular weight is 202 g/mol. The topological polar surface area (TPSA) is 74.2 Å². The Morgan fingerprint density at radius 3 is 3.00 bits per heavy atom. The largest absolute Gasteiger partial charge is 0.396 e. The molecule has 0 aliphatic heterocycles. The Kier molecular flexibility index (Phi) is 2.61. The van der Waals surface area contributed by atoms with Crippen molar-refractivity contribution in [3.8, 4) is 6.07 Å². The molecule has 5 heteroatoms. The van der Waals surface area contributed by atoms with Gasteiger partial charge >= 0.3 is 0 Å². The van der Waals surface area contributed by atoms with Crippen LogP contribution in [0.4, 0.5) is 0 Å². The molecule has 0 aliphatic rings. The monoisotopic (exact) mass is 202 g/mol. The average Bonchev–Trinajstić information content (AvgIpc) is 2.68. The summed E-state index contributed by atoms with van der Waals surface area (Å²) in [6.07, 6.45) is 3.02. The van der Waals surface area contributed by atoms with Crippen LogP contribution in [0.25, 0.3) is 5.65 Å². The van der Waals surface area contributed by atoms with Crippen LogP contribution in [0, 0.1) is 11.3 Å². The molecule has 0 unspecified atom stereocenters. The first-order valence-corrected chi connectivity index (χ1v) is 4.70. The SMILES string of the molecule is N#Cc1ccc2nnc(CCCO)n2c1. The van der Waals surface area contributed by atoms with Gasteiger partial charge in [0.25, 0.3) is 0 Å². The maximum absolute atomic E-state index is 8.76. The van der Waals surface area contributed by atoms with E-state index in [1.54, 1.807) is 22.7 Å². The highest BCUT2D eigenvalue weighted by Gasteiger charge is 2.05. The number of hydrogen-bond donors (Lipinski definition) is 1. The number of fused-ring (bicyclic) bond motifs is 1. The zero-order chi connectivity index (χ0) is 10.7. The lowest BCUT2D eigenvalue weighted by atomic mass is 10.3. The highest BCUT2D eigenvalue weighted by atomic mass is 16.2. The van der Waals surface area contributed by atoms with E-state index >= 15 is 0 Å². The third-order valence-electron chi connectivity index (χ3n) is 2.16. The second kappa shape index (κ2) is 4.07. The minimum absolute atomic E-state index is 0.132. The normalized spacial score (nSPS) is 10.4. The first-order chi connectivity index (χ1) is 7.35. The first-order valence-electron chi connectivity index (χ1n) is 4.70. The summed E-state index contributed by atoms with van der Waals surface area (Å²) >= 11 is 0. The molecular weight excluding hydrogens is 192 g/mol. The second-order valence-corrected chi connectivity index (χ2v) is 3.20. The van der Waals surface area contributed by atoms with Gasteiger partial charge in [0, 0.05) is 19.2 Å². The smallest absolute Gasteiger partial charge is 0.160 e. The van der Waals surface area contributed by atoms with Gasteiger partial charge in [-0.15, -0.1) is 10.2 Å². The first kappa shape index (κ1) is 9.62. The molecule has 0 saturated carbocycles. The van der Waals surface area contributed by atoms with Gasteiger partial charge in [0.05, 0.1) is 5.56 Å². The van der Waals surface area contributed by atoms with E-state index in [4.69, 9.17) is 10.4 Å². The lowest BCUT2D eigenvalue weighted by Gasteiger charge is -1.98. The summed E-state index contributed by atoms with van der Waals surface area (Å²) in [7, 11) is 0. The standard InChI is InChI=1S/C10H10N4O/c11-6-8-3-4-10-13-12-9(2-1-5-15)14(10)7-8/h3-4,7,15H,1-2,5H2. The molecule has 0 atom stereocenters. The van der Waals surface area contributed by atoms with Crippen LogP contribution in [0.3, 0.4) is 0 Å². The second-order valence-electron chi connectivity index (χ2n) is 3.20. The number of pyridine rings is 1.